The Hall–Kier alpha value is -1.06. The van der Waals surface area contributed by atoms with Gasteiger partial charge in [-0.3, -0.25) is 9.59 Å². The average Bonchev–Trinajstić information content (AvgIpc) is 2.50. The van der Waals surface area contributed by atoms with E-state index in [4.69, 9.17) is 0 Å². The van der Waals surface area contributed by atoms with E-state index >= 15 is 0 Å². The van der Waals surface area contributed by atoms with Crippen molar-refractivity contribution >= 4 is 11.8 Å². The molecule has 2 rings (SSSR count). The molecule has 4 heteroatoms. The zero-order valence-corrected chi connectivity index (χ0v) is 13.7. The maximum absolute atomic E-state index is 12.9. The lowest BCUT2D eigenvalue weighted by Crippen LogP contribution is -2.66. The van der Waals surface area contributed by atoms with Crippen LogP contribution in [0.2, 0.25) is 0 Å². The number of carbonyl (C=O) groups excluding carboxylic acids is 2. The van der Waals surface area contributed by atoms with Gasteiger partial charge in [0.05, 0.1) is 0 Å². The molecule has 0 aromatic carbocycles. The summed E-state index contributed by atoms with van der Waals surface area (Å²) in [4.78, 5) is 27.0. The third kappa shape index (κ3) is 3.58. The van der Waals surface area contributed by atoms with Crippen LogP contribution in [-0.2, 0) is 9.59 Å². The molecule has 3 atom stereocenters. The highest BCUT2D eigenvalue weighted by atomic mass is 16.2. The van der Waals surface area contributed by atoms with Crippen molar-refractivity contribution in [2.75, 3.05) is 0 Å². The normalized spacial score (nSPS) is 29.4. The second-order valence-corrected chi connectivity index (χ2v) is 6.80. The van der Waals surface area contributed by atoms with Gasteiger partial charge in [0.25, 0.3) is 0 Å². The van der Waals surface area contributed by atoms with Crippen LogP contribution in [0.25, 0.3) is 0 Å². The van der Waals surface area contributed by atoms with Crippen molar-refractivity contribution in [2.45, 2.75) is 90.3 Å². The summed E-state index contributed by atoms with van der Waals surface area (Å²) >= 11 is 0. The van der Waals surface area contributed by atoms with Gasteiger partial charge in [-0.05, 0) is 39.0 Å². The molecule has 120 valence electrons. The van der Waals surface area contributed by atoms with Crippen molar-refractivity contribution in [1.82, 2.24) is 10.2 Å². The van der Waals surface area contributed by atoms with Crippen LogP contribution in [0.3, 0.4) is 0 Å². The summed E-state index contributed by atoms with van der Waals surface area (Å²) in [5, 5.41) is 3.00. The summed E-state index contributed by atoms with van der Waals surface area (Å²) < 4.78 is 0. The Labute approximate surface area is 128 Å². The quantitative estimate of drug-likeness (QED) is 0.847. The van der Waals surface area contributed by atoms with Gasteiger partial charge in [0, 0.05) is 6.04 Å². The summed E-state index contributed by atoms with van der Waals surface area (Å²) in [5.74, 6) is 0.509. The summed E-state index contributed by atoms with van der Waals surface area (Å²) in [6.07, 6.45) is 8.99. The Morgan fingerprint density at radius 1 is 1.24 bits per heavy atom. The number of nitrogens with one attached hydrogen (secondary N) is 1. The van der Waals surface area contributed by atoms with Gasteiger partial charge in [-0.25, -0.2) is 0 Å². The van der Waals surface area contributed by atoms with Gasteiger partial charge in [-0.2, -0.15) is 0 Å². The predicted octanol–water partition coefficient (Wildman–Crippen LogP) is 2.86. The number of amides is 2. The van der Waals surface area contributed by atoms with E-state index in [1.54, 1.807) is 0 Å². The molecule has 1 saturated heterocycles. The van der Waals surface area contributed by atoms with E-state index < -0.39 is 0 Å². The number of piperazine rings is 1. The van der Waals surface area contributed by atoms with Gasteiger partial charge < -0.3 is 10.2 Å². The maximum Gasteiger partial charge on any atom is 0.246 e. The molecule has 1 saturated carbocycles. The lowest BCUT2D eigenvalue weighted by molar-refractivity contribution is -0.153. The number of carbonyl (C=O) groups is 2. The standard InChI is InChI=1S/C17H30N2O2/c1-4-5-9-12(2)19-13(3)16(20)18-15(17(19)21)14-10-7-6-8-11-14/h12-15H,4-11H2,1-3H3,(H,18,20). The second kappa shape index (κ2) is 7.28. The molecule has 1 N–H and O–H groups in total. The SMILES string of the molecule is CCCCC(C)N1C(=O)C(C2CCCCC2)NC(=O)C1C. The molecule has 3 unspecified atom stereocenters. The van der Waals surface area contributed by atoms with Crippen LogP contribution in [0.15, 0.2) is 0 Å². The van der Waals surface area contributed by atoms with Crippen LogP contribution in [-0.4, -0.2) is 34.8 Å². The molecule has 1 heterocycles. The summed E-state index contributed by atoms with van der Waals surface area (Å²) in [6.45, 7) is 6.10. The number of hydrogen-bond donors (Lipinski definition) is 1. The molecule has 0 bridgehead atoms. The predicted molar refractivity (Wildman–Crippen MR) is 83.8 cm³/mol. The third-order valence-corrected chi connectivity index (χ3v) is 5.19. The fourth-order valence-corrected chi connectivity index (χ4v) is 3.84. The molecule has 0 radical (unpaired) electrons. The van der Waals surface area contributed by atoms with Crippen LogP contribution in [0.1, 0.15) is 72.1 Å². The minimum absolute atomic E-state index is 0.0218. The van der Waals surface area contributed by atoms with E-state index in [-0.39, 0.29) is 29.9 Å². The van der Waals surface area contributed by atoms with E-state index in [2.05, 4.69) is 19.2 Å². The lowest BCUT2D eigenvalue weighted by Gasteiger charge is -2.44. The van der Waals surface area contributed by atoms with E-state index in [1.165, 1.54) is 19.3 Å². The van der Waals surface area contributed by atoms with Crippen molar-refractivity contribution in [3.05, 3.63) is 0 Å². The Morgan fingerprint density at radius 2 is 1.90 bits per heavy atom. The Balaban J connectivity index is 2.10. The molecule has 4 nitrogen and oxygen atoms in total. The Bertz CT molecular complexity index is 377. The molecule has 2 amide bonds. The summed E-state index contributed by atoms with van der Waals surface area (Å²) in [5.41, 5.74) is 0. The highest BCUT2D eigenvalue weighted by molar-refractivity contribution is 5.97. The molecule has 21 heavy (non-hydrogen) atoms. The molecule has 0 spiro atoms. The van der Waals surface area contributed by atoms with Crippen LogP contribution in [0.4, 0.5) is 0 Å². The van der Waals surface area contributed by atoms with Crippen molar-refractivity contribution in [2.24, 2.45) is 5.92 Å². The second-order valence-electron chi connectivity index (χ2n) is 6.80. The van der Waals surface area contributed by atoms with Crippen molar-refractivity contribution in [1.29, 1.82) is 0 Å². The minimum atomic E-state index is -0.329. The fourth-order valence-electron chi connectivity index (χ4n) is 3.84. The van der Waals surface area contributed by atoms with Crippen LogP contribution in [0.5, 0.6) is 0 Å². The van der Waals surface area contributed by atoms with Gasteiger partial charge in [0.1, 0.15) is 12.1 Å². The number of nitrogens with zero attached hydrogens (tertiary/aromatic N) is 1. The van der Waals surface area contributed by atoms with E-state index in [9.17, 15) is 9.59 Å². The van der Waals surface area contributed by atoms with Gasteiger partial charge in [0.15, 0.2) is 0 Å². The molecule has 2 aliphatic rings. The monoisotopic (exact) mass is 294 g/mol. The smallest absolute Gasteiger partial charge is 0.246 e. The van der Waals surface area contributed by atoms with Crippen LogP contribution in [0, 0.1) is 5.92 Å². The lowest BCUT2D eigenvalue weighted by atomic mass is 9.82. The number of rotatable bonds is 5. The van der Waals surface area contributed by atoms with E-state index in [1.807, 2.05) is 11.8 Å². The molecular weight excluding hydrogens is 264 g/mol. The number of hydrogen-bond acceptors (Lipinski definition) is 2. The van der Waals surface area contributed by atoms with E-state index in [0.717, 1.165) is 32.1 Å². The van der Waals surface area contributed by atoms with Gasteiger partial charge in [-0.1, -0.05) is 39.0 Å². The highest BCUT2D eigenvalue weighted by Gasteiger charge is 2.43. The Morgan fingerprint density at radius 3 is 2.52 bits per heavy atom. The third-order valence-electron chi connectivity index (χ3n) is 5.19. The van der Waals surface area contributed by atoms with Crippen LogP contribution >= 0.6 is 0 Å². The van der Waals surface area contributed by atoms with E-state index in [0.29, 0.717) is 5.92 Å². The summed E-state index contributed by atoms with van der Waals surface area (Å²) in [6, 6.07) is -0.452. The first-order valence-corrected chi connectivity index (χ1v) is 8.68. The zero-order chi connectivity index (χ0) is 15.4. The van der Waals surface area contributed by atoms with Gasteiger partial charge in [0.2, 0.25) is 11.8 Å². The Kier molecular flexibility index (Phi) is 5.65. The molecule has 0 aromatic rings. The van der Waals surface area contributed by atoms with Crippen LogP contribution < -0.4 is 5.32 Å². The zero-order valence-electron chi connectivity index (χ0n) is 13.7. The molecule has 0 aromatic heterocycles. The van der Waals surface area contributed by atoms with Crippen molar-refractivity contribution in [3.63, 3.8) is 0 Å². The average molecular weight is 294 g/mol. The first-order valence-electron chi connectivity index (χ1n) is 8.68. The van der Waals surface area contributed by atoms with Gasteiger partial charge >= 0.3 is 0 Å². The first-order chi connectivity index (χ1) is 10.1. The molecular formula is C17H30N2O2. The highest BCUT2D eigenvalue weighted by Crippen LogP contribution is 2.30. The largest absolute Gasteiger partial charge is 0.342 e. The topological polar surface area (TPSA) is 49.4 Å². The fraction of sp³-hybridized carbons (Fsp3) is 0.882. The summed E-state index contributed by atoms with van der Waals surface area (Å²) in [7, 11) is 0. The number of unbranched alkanes of at least 4 members (excludes halogenated alkanes) is 1. The molecule has 1 aliphatic carbocycles. The van der Waals surface area contributed by atoms with Crippen molar-refractivity contribution < 1.29 is 9.59 Å². The first kappa shape index (κ1) is 16.3. The maximum atomic E-state index is 12.9. The molecule has 1 aliphatic heterocycles. The van der Waals surface area contributed by atoms with Gasteiger partial charge in [-0.15, -0.1) is 0 Å². The minimum Gasteiger partial charge on any atom is -0.342 e. The molecule has 2 fully saturated rings. The van der Waals surface area contributed by atoms with Crippen molar-refractivity contribution in [3.8, 4) is 0 Å².